The van der Waals surface area contributed by atoms with Crippen LogP contribution in [0.25, 0.3) is 11.3 Å². The van der Waals surface area contributed by atoms with Crippen LogP contribution in [-0.2, 0) is 16.1 Å². The molecule has 38 heavy (non-hydrogen) atoms. The number of hydrogen-bond donors (Lipinski definition) is 2. The number of nitrogens with zero attached hydrogens (tertiary/aromatic N) is 1. The molecular formula is C32H35N3O3. The molecule has 3 aromatic carbocycles. The van der Waals surface area contributed by atoms with Crippen LogP contribution in [0.15, 0.2) is 72.8 Å². The second-order valence-electron chi connectivity index (χ2n) is 10.5. The first-order valence-corrected chi connectivity index (χ1v) is 13.4. The zero-order valence-corrected chi connectivity index (χ0v) is 22.3. The fourth-order valence-electron chi connectivity index (χ4n) is 5.66. The number of anilines is 2. The molecule has 0 saturated carbocycles. The van der Waals surface area contributed by atoms with E-state index in [0.717, 1.165) is 54.0 Å². The van der Waals surface area contributed by atoms with Crippen LogP contribution in [0.1, 0.15) is 54.2 Å². The summed E-state index contributed by atoms with van der Waals surface area (Å²) < 4.78 is 5.13. The Morgan fingerprint density at radius 1 is 0.974 bits per heavy atom. The third-order valence-electron chi connectivity index (χ3n) is 7.16. The second-order valence-corrected chi connectivity index (χ2v) is 10.5. The highest BCUT2D eigenvalue weighted by Crippen LogP contribution is 2.38. The minimum absolute atomic E-state index is 0.211. The van der Waals surface area contributed by atoms with Crippen LogP contribution in [0.3, 0.4) is 0 Å². The van der Waals surface area contributed by atoms with Crippen molar-refractivity contribution in [3.05, 3.63) is 95.1 Å². The molecule has 1 saturated heterocycles. The number of nitrogens with one attached hydrogen (secondary N) is 2. The van der Waals surface area contributed by atoms with Gasteiger partial charge in [-0.2, -0.15) is 0 Å². The van der Waals surface area contributed by atoms with Crippen molar-refractivity contribution in [3.8, 4) is 0 Å². The Morgan fingerprint density at radius 2 is 1.68 bits per heavy atom. The molecule has 0 bridgehead atoms. The van der Waals surface area contributed by atoms with Gasteiger partial charge >= 0.3 is 5.97 Å². The van der Waals surface area contributed by atoms with Crippen molar-refractivity contribution < 1.29 is 14.3 Å². The largest absolute Gasteiger partial charge is 0.462 e. The smallest absolute Gasteiger partial charge is 0.338 e. The maximum atomic E-state index is 13.2. The predicted molar refractivity (Wildman–Crippen MR) is 153 cm³/mol. The van der Waals surface area contributed by atoms with Crippen LogP contribution in [-0.4, -0.2) is 36.5 Å². The zero-order chi connectivity index (χ0) is 26.6. The number of rotatable bonds is 7. The molecule has 2 unspecified atom stereocenters. The molecule has 2 aliphatic heterocycles. The van der Waals surface area contributed by atoms with Gasteiger partial charge < -0.3 is 15.4 Å². The number of likely N-dealkylation sites (tertiary alicyclic amines) is 1. The average Bonchev–Trinajstić information content (AvgIpc) is 3.23. The predicted octanol–water partition coefficient (Wildman–Crippen LogP) is 6.27. The van der Waals surface area contributed by atoms with E-state index < -0.39 is 5.97 Å². The first kappa shape index (κ1) is 25.7. The molecule has 3 aromatic rings. The Kier molecular flexibility index (Phi) is 7.61. The fourth-order valence-corrected chi connectivity index (χ4v) is 5.66. The summed E-state index contributed by atoms with van der Waals surface area (Å²) in [5, 5.41) is 6.46. The van der Waals surface area contributed by atoms with Crippen LogP contribution >= 0.6 is 0 Å². The second kappa shape index (κ2) is 11.2. The number of benzene rings is 3. The van der Waals surface area contributed by atoms with Crippen LogP contribution < -0.4 is 10.6 Å². The van der Waals surface area contributed by atoms with Gasteiger partial charge in [0.25, 0.3) is 5.91 Å². The number of carbonyl (C=O) groups excluding carboxylic acids is 2. The van der Waals surface area contributed by atoms with Gasteiger partial charge in [-0.25, -0.2) is 4.79 Å². The minimum Gasteiger partial charge on any atom is -0.462 e. The first-order valence-electron chi connectivity index (χ1n) is 13.4. The summed E-state index contributed by atoms with van der Waals surface area (Å²) in [6, 6.07) is 23.5. The molecule has 2 heterocycles. The molecule has 2 N–H and O–H groups in total. The molecule has 0 aliphatic carbocycles. The number of piperidine rings is 1. The first-order chi connectivity index (χ1) is 18.4. The van der Waals surface area contributed by atoms with Crippen LogP contribution in [0.5, 0.6) is 0 Å². The Bertz CT molecular complexity index is 1340. The average molecular weight is 510 g/mol. The molecule has 196 valence electrons. The molecule has 6 nitrogen and oxygen atoms in total. The van der Waals surface area contributed by atoms with Gasteiger partial charge in [0.2, 0.25) is 0 Å². The Hall–Kier alpha value is -3.90. The summed E-state index contributed by atoms with van der Waals surface area (Å²) in [4.78, 5) is 28.0. The summed E-state index contributed by atoms with van der Waals surface area (Å²) in [7, 11) is 0. The summed E-state index contributed by atoms with van der Waals surface area (Å²) in [6.07, 6.45) is 1.30. The summed E-state index contributed by atoms with van der Waals surface area (Å²) in [6.45, 7) is 9.96. The molecule has 0 radical (unpaired) electrons. The zero-order valence-electron chi connectivity index (χ0n) is 22.3. The molecule has 2 atom stereocenters. The van der Waals surface area contributed by atoms with Crippen molar-refractivity contribution in [2.45, 2.75) is 33.7 Å². The highest BCUT2D eigenvalue weighted by molar-refractivity contribution is 6.37. The number of fused-ring (bicyclic) bond motifs is 1. The lowest BCUT2D eigenvalue weighted by Crippen LogP contribution is -2.38. The maximum Gasteiger partial charge on any atom is 0.338 e. The third-order valence-corrected chi connectivity index (χ3v) is 7.16. The number of amides is 1. The Balaban J connectivity index is 1.44. The van der Waals surface area contributed by atoms with Crippen molar-refractivity contribution in [2.75, 3.05) is 30.3 Å². The van der Waals surface area contributed by atoms with Crippen molar-refractivity contribution in [1.29, 1.82) is 0 Å². The lowest BCUT2D eigenvalue weighted by atomic mass is 9.91. The van der Waals surface area contributed by atoms with Crippen molar-refractivity contribution in [1.82, 2.24) is 4.90 Å². The summed E-state index contributed by atoms with van der Waals surface area (Å²) >= 11 is 0. The lowest BCUT2D eigenvalue weighted by Gasteiger charge is -2.35. The van der Waals surface area contributed by atoms with Gasteiger partial charge in [-0.05, 0) is 60.6 Å². The van der Waals surface area contributed by atoms with Crippen LogP contribution in [0, 0.1) is 11.8 Å². The number of carbonyl (C=O) groups is 2. The maximum absolute atomic E-state index is 13.2. The van der Waals surface area contributed by atoms with Crippen molar-refractivity contribution in [3.63, 3.8) is 0 Å². The molecule has 0 spiro atoms. The number of ether oxygens (including phenoxy) is 1. The van der Waals surface area contributed by atoms with E-state index in [0.29, 0.717) is 23.4 Å². The molecular weight excluding hydrogens is 474 g/mol. The Morgan fingerprint density at radius 3 is 2.37 bits per heavy atom. The number of esters is 1. The van der Waals surface area contributed by atoms with E-state index in [-0.39, 0.29) is 5.91 Å². The topological polar surface area (TPSA) is 70.7 Å². The van der Waals surface area contributed by atoms with Gasteiger partial charge in [-0.15, -0.1) is 0 Å². The monoisotopic (exact) mass is 509 g/mol. The van der Waals surface area contributed by atoms with E-state index in [1.165, 1.54) is 12.0 Å². The standard InChI is InChI=1S/C32H35N3O3/c1-4-38-32(37)25-12-15-27-28(17-25)34-31(36)29(27)30(24-8-6-5-7-9-24)33-26-13-10-23(11-14-26)20-35-18-21(2)16-22(3)19-35/h5-15,17,21-22,33H,4,16,18-20H2,1-3H3,(H,34,36)/b30-29-. The van der Waals surface area contributed by atoms with Crippen LogP contribution in [0.2, 0.25) is 0 Å². The summed E-state index contributed by atoms with van der Waals surface area (Å²) in [5.74, 6) is 0.844. The fraction of sp³-hybridized carbons (Fsp3) is 0.312. The third kappa shape index (κ3) is 5.65. The van der Waals surface area contributed by atoms with Gasteiger partial charge in [-0.3, -0.25) is 9.69 Å². The highest BCUT2D eigenvalue weighted by atomic mass is 16.5. The quantitative estimate of drug-likeness (QED) is 0.290. The van der Waals surface area contributed by atoms with Crippen molar-refractivity contribution in [2.24, 2.45) is 11.8 Å². The van der Waals surface area contributed by atoms with Crippen molar-refractivity contribution >= 4 is 34.5 Å². The number of hydrogen-bond acceptors (Lipinski definition) is 5. The van der Waals surface area contributed by atoms with Gasteiger partial charge in [0.1, 0.15) is 0 Å². The van der Waals surface area contributed by atoms with Crippen LogP contribution in [0.4, 0.5) is 11.4 Å². The van der Waals surface area contributed by atoms with Gasteiger partial charge in [-0.1, -0.05) is 62.4 Å². The molecule has 1 fully saturated rings. The lowest BCUT2D eigenvalue weighted by molar-refractivity contribution is -0.110. The summed E-state index contributed by atoms with van der Waals surface area (Å²) in [5.41, 5.74) is 6.12. The normalized spacial score (nSPS) is 20.4. The van der Waals surface area contributed by atoms with E-state index in [2.05, 4.69) is 53.6 Å². The Labute approximate surface area is 224 Å². The van der Waals surface area contributed by atoms with Gasteiger partial charge in [0.05, 0.1) is 29.1 Å². The van der Waals surface area contributed by atoms with Gasteiger partial charge in [0.15, 0.2) is 0 Å². The molecule has 2 aliphatic rings. The highest BCUT2D eigenvalue weighted by Gasteiger charge is 2.29. The van der Waals surface area contributed by atoms with E-state index >= 15 is 0 Å². The van der Waals surface area contributed by atoms with Gasteiger partial charge in [0, 0.05) is 30.9 Å². The van der Waals surface area contributed by atoms with E-state index in [4.69, 9.17) is 4.74 Å². The molecule has 0 aromatic heterocycles. The SMILES string of the molecule is CCOC(=O)c1ccc2c(c1)NC(=O)/C2=C(\Nc1ccc(CN2CC(C)CC(C)C2)cc1)c1ccccc1. The van der Waals surface area contributed by atoms with E-state index in [1.54, 1.807) is 19.1 Å². The minimum atomic E-state index is -0.406. The van der Waals surface area contributed by atoms with E-state index in [1.807, 2.05) is 36.4 Å². The molecule has 6 heteroatoms. The molecule has 5 rings (SSSR count). The molecule has 1 amide bonds. The van der Waals surface area contributed by atoms with E-state index in [9.17, 15) is 9.59 Å².